The molecule has 20 heavy (non-hydrogen) atoms. The standard InChI is InChI=1S/C15H21NO4/c1-9-7-11(19-3)8-10(2)14(9)15(18)12(16)5-6-13(17)20-4/h7-8,12H,5-6,16H2,1-4H3. The minimum absolute atomic E-state index is 0.137. The van der Waals surface area contributed by atoms with Crippen molar-refractivity contribution >= 4 is 11.8 Å². The average Bonchev–Trinajstić information content (AvgIpc) is 2.42. The average molecular weight is 279 g/mol. The van der Waals surface area contributed by atoms with E-state index in [9.17, 15) is 9.59 Å². The molecule has 110 valence electrons. The molecular formula is C15H21NO4. The Bertz CT molecular complexity index is 488. The highest BCUT2D eigenvalue weighted by Crippen LogP contribution is 2.23. The van der Waals surface area contributed by atoms with Crippen LogP contribution in [0.2, 0.25) is 0 Å². The first-order valence-electron chi connectivity index (χ1n) is 6.42. The fraction of sp³-hybridized carbons (Fsp3) is 0.467. The lowest BCUT2D eigenvalue weighted by molar-refractivity contribution is -0.140. The zero-order valence-electron chi connectivity index (χ0n) is 12.4. The molecule has 0 saturated carbocycles. The highest BCUT2D eigenvalue weighted by Gasteiger charge is 2.21. The second-order valence-corrected chi connectivity index (χ2v) is 4.72. The predicted octanol–water partition coefficient (Wildman–Crippen LogP) is 1.78. The minimum atomic E-state index is -0.708. The summed E-state index contributed by atoms with van der Waals surface area (Å²) in [6, 6.07) is 2.89. The molecule has 0 aromatic heterocycles. The van der Waals surface area contributed by atoms with Gasteiger partial charge in [0.15, 0.2) is 5.78 Å². The number of nitrogens with two attached hydrogens (primary N) is 1. The van der Waals surface area contributed by atoms with Gasteiger partial charge in [-0.15, -0.1) is 0 Å². The third-order valence-electron chi connectivity index (χ3n) is 3.21. The van der Waals surface area contributed by atoms with E-state index in [4.69, 9.17) is 10.5 Å². The highest BCUT2D eigenvalue weighted by molar-refractivity contribution is 6.02. The molecule has 0 saturated heterocycles. The number of ether oxygens (including phenoxy) is 2. The van der Waals surface area contributed by atoms with Gasteiger partial charge in [-0.05, 0) is 43.5 Å². The largest absolute Gasteiger partial charge is 0.497 e. The number of benzene rings is 1. The van der Waals surface area contributed by atoms with E-state index >= 15 is 0 Å². The summed E-state index contributed by atoms with van der Waals surface area (Å²) >= 11 is 0. The van der Waals surface area contributed by atoms with E-state index in [1.54, 1.807) is 19.2 Å². The molecule has 0 fully saturated rings. The molecule has 0 aliphatic carbocycles. The van der Waals surface area contributed by atoms with Crippen LogP contribution in [0.4, 0.5) is 0 Å². The molecule has 0 amide bonds. The van der Waals surface area contributed by atoms with Crippen LogP contribution in [0.1, 0.15) is 34.3 Å². The van der Waals surface area contributed by atoms with Crippen LogP contribution in [0.5, 0.6) is 5.75 Å². The van der Waals surface area contributed by atoms with Crippen molar-refractivity contribution in [3.05, 3.63) is 28.8 Å². The number of carbonyl (C=O) groups excluding carboxylic acids is 2. The number of rotatable bonds is 6. The van der Waals surface area contributed by atoms with Gasteiger partial charge in [0.1, 0.15) is 5.75 Å². The van der Waals surface area contributed by atoms with Crippen molar-refractivity contribution in [3.8, 4) is 5.75 Å². The maximum atomic E-state index is 12.4. The summed E-state index contributed by atoms with van der Waals surface area (Å²) in [5.74, 6) is 0.183. The van der Waals surface area contributed by atoms with Crippen LogP contribution in [0.25, 0.3) is 0 Å². The first-order valence-corrected chi connectivity index (χ1v) is 6.42. The zero-order chi connectivity index (χ0) is 15.3. The Morgan fingerprint density at radius 2 is 1.75 bits per heavy atom. The van der Waals surface area contributed by atoms with E-state index in [1.165, 1.54) is 7.11 Å². The van der Waals surface area contributed by atoms with Gasteiger partial charge >= 0.3 is 5.97 Å². The number of hydrogen-bond acceptors (Lipinski definition) is 5. The molecule has 0 bridgehead atoms. The molecule has 5 heteroatoms. The lowest BCUT2D eigenvalue weighted by Crippen LogP contribution is -2.32. The van der Waals surface area contributed by atoms with Gasteiger partial charge in [0, 0.05) is 12.0 Å². The Labute approximate surface area is 119 Å². The van der Waals surface area contributed by atoms with E-state index < -0.39 is 6.04 Å². The molecule has 0 spiro atoms. The summed E-state index contributed by atoms with van der Waals surface area (Å²) in [6.07, 6.45) is 0.411. The normalized spacial score (nSPS) is 11.8. The number of carbonyl (C=O) groups is 2. The van der Waals surface area contributed by atoms with Gasteiger partial charge in [0.25, 0.3) is 0 Å². The number of methoxy groups -OCH3 is 2. The lowest BCUT2D eigenvalue weighted by atomic mass is 9.93. The fourth-order valence-corrected chi connectivity index (χ4v) is 2.12. The number of Topliss-reactive ketones (excluding diaryl/α,β-unsaturated/α-hetero) is 1. The van der Waals surface area contributed by atoms with Crippen LogP contribution in [-0.2, 0) is 9.53 Å². The van der Waals surface area contributed by atoms with E-state index in [0.29, 0.717) is 11.3 Å². The maximum absolute atomic E-state index is 12.4. The molecule has 0 aliphatic heterocycles. The Morgan fingerprint density at radius 3 is 2.20 bits per heavy atom. The summed E-state index contributed by atoms with van der Waals surface area (Å²) < 4.78 is 9.70. The van der Waals surface area contributed by atoms with E-state index in [2.05, 4.69) is 4.74 Å². The quantitative estimate of drug-likeness (QED) is 0.634. The Balaban J connectivity index is 2.89. The molecule has 1 aromatic carbocycles. The molecule has 0 heterocycles. The third-order valence-corrected chi connectivity index (χ3v) is 3.21. The third kappa shape index (κ3) is 3.81. The summed E-state index contributed by atoms with van der Waals surface area (Å²) in [5, 5.41) is 0. The molecule has 1 rings (SSSR count). The van der Waals surface area contributed by atoms with Crippen molar-refractivity contribution in [1.29, 1.82) is 0 Å². The smallest absolute Gasteiger partial charge is 0.305 e. The molecule has 0 radical (unpaired) electrons. The van der Waals surface area contributed by atoms with Gasteiger partial charge in [0.05, 0.1) is 20.3 Å². The van der Waals surface area contributed by atoms with E-state index in [-0.39, 0.29) is 24.6 Å². The first-order chi connectivity index (χ1) is 9.40. The van der Waals surface area contributed by atoms with E-state index in [1.807, 2.05) is 13.8 Å². The number of ketones is 1. The van der Waals surface area contributed by atoms with Gasteiger partial charge in [0.2, 0.25) is 0 Å². The van der Waals surface area contributed by atoms with Crippen LogP contribution in [0.3, 0.4) is 0 Å². The molecular weight excluding hydrogens is 258 g/mol. The maximum Gasteiger partial charge on any atom is 0.305 e. The second kappa shape index (κ2) is 7.05. The topological polar surface area (TPSA) is 78.6 Å². The minimum Gasteiger partial charge on any atom is -0.497 e. The summed E-state index contributed by atoms with van der Waals surface area (Å²) in [6.45, 7) is 3.69. The van der Waals surface area contributed by atoms with Gasteiger partial charge in [-0.3, -0.25) is 9.59 Å². The van der Waals surface area contributed by atoms with Gasteiger partial charge in [-0.2, -0.15) is 0 Å². The van der Waals surface area contributed by atoms with Crippen LogP contribution in [0.15, 0.2) is 12.1 Å². The fourth-order valence-electron chi connectivity index (χ4n) is 2.12. The van der Waals surface area contributed by atoms with Crippen molar-refractivity contribution in [2.45, 2.75) is 32.7 Å². The van der Waals surface area contributed by atoms with Crippen molar-refractivity contribution < 1.29 is 19.1 Å². The lowest BCUT2D eigenvalue weighted by Gasteiger charge is -2.15. The van der Waals surface area contributed by atoms with E-state index in [0.717, 1.165) is 11.1 Å². The van der Waals surface area contributed by atoms with Gasteiger partial charge in [-0.1, -0.05) is 0 Å². The first kappa shape index (κ1) is 16.2. The molecule has 5 nitrogen and oxygen atoms in total. The Morgan fingerprint density at radius 1 is 1.20 bits per heavy atom. The number of esters is 1. The summed E-state index contributed by atoms with van der Waals surface area (Å²) in [7, 11) is 2.89. The molecule has 1 atom stereocenters. The predicted molar refractivity (Wildman–Crippen MR) is 76.0 cm³/mol. The van der Waals surface area contributed by atoms with Gasteiger partial charge < -0.3 is 15.2 Å². The van der Waals surface area contributed by atoms with Crippen LogP contribution >= 0.6 is 0 Å². The highest BCUT2D eigenvalue weighted by atomic mass is 16.5. The van der Waals surface area contributed by atoms with Crippen LogP contribution in [-0.4, -0.2) is 32.0 Å². The van der Waals surface area contributed by atoms with Crippen molar-refractivity contribution in [2.75, 3.05) is 14.2 Å². The van der Waals surface area contributed by atoms with Crippen LogP contribution < -0.4 is 10.5 Å². The Kier molecular flexibility index (Phi) is 5.70. The molecule has 0 aliphatic rings. The summed E-state index contributed by atoms with van der Waals surface area (Å²) in [4.78, 5) is 23.5. The van der Waals surface area contributed by atoms with Gasteiger partial charge in [-0.25, -0.2) is 0 Å². The number of hydrogen-bond donors (Lipinski definition) is 1. The van der Waals surface area contributed by atoms with Crippen molar-refractivity contribution in [2.24, 2.45) is 5.73 Å². The van der Waals surface area contributed by atoms with Crippen molar-refractivity contribution in [1.82, 2.24) is 0 Å². The molecule has 1 aromatic rings. The molecule has 1 unspecified atom stereocenters. The van der Waals surface area contributed by atoms with Crippen LogP contribution in [0, 0.1) is 13.8 Å². The van der Waals surface area contributed by atoms with Crippen molar-refractivity contribution in [3.63, 3.8) is 0 Å². The second-order valence-electron chi connectivity index (χ2n) is 4.72. The summed E-state index contributed by atoms with van der Waals surface area (Å²) in [5.41, 5.74) is 8.11. The molecule has 2 N–H and O–H groups in total. The zero-order valence-corrected chi connectivity index (χ0v) is 12.4. The Hall–Kier alpha value is -1.88. The number of aryl methyl sites for hydroxylation is 2. The monoisotopic (exact) mass is 279 g/mol. The SMILES string of the molecule is COC(=O)CCC(N)C(=O)c1c(C)cc(OC)cc1C.